The highest BCUT2D eigenvalue weighted by Gasteiger charge is 2.18. The van der Waals surface area contributed by atoms with Crippen LogP contribution < -0.4 is 15.4 Å². The minimum Gasteiger partial charge on any atom is -0.481 e. The van der Waals surface area contributed by atoms with E-state index >= 15 is 0 Å². The summed E-state index contributed by atoms with van der Waals surface area (Å²) in [4.78, 5) is 26.5. The van der Waals surface area contributed by atoms with Crippen molar-refractivity contribution in [2.75, 3.05) is 7.11 Å². The van der Waals surface area contributed by atoms with Crippen molar-refractivity contribution in [1.82, 2.24) is 15.6 Å². The van der Waals surface area contributed by atoms with E-state index in [1.54, 1.807) is 18.3 Å². The number of urea groups is 1. The molecule has 0 aliphatic heterocycles. The summed E-state index contributed by atoms with van der Waals surface area (Å²) >= 11 is 0. The lowest BCUT2D eigenvalue weighted by Gasteiger charge is -2.14. The number of carboxylic acids is 1. The molecule has 1 rings (SSSR count). The molecular weight excluding hydrogens is 262 g/mol. The number of hydrogen-bond acceptors (Lipinski definition) is 4. The second-order valence-electron chi connectivity index (χ2n) is 4.21. The van der Waals surface area contributed by atoms with Crippen LogP contribution in [0.3, 0.4) is 0 Å². The van der Waals surface area contributed by atoms with Crippen molar-refractivity contribution in [2.24, 2.45) is 0 Å². The summed E-state index contributed by atoms with van der Waals surface area (Å²) in [6.45, 7) is 2.13. The Morgan fingerprint density at radius 1 is 1.50 bits per heavy atom. The molecule has 7 nitrogen and oxygen atoms in total. The zero-order valence-corrected chi connectivity index (χ0v) is 11.5. The molecule has 2 amide bonds. The van der Waals surface area contributed by atoms with Crippen LogP contribution in [0.25, 0.3) is 0 Å². The van der Waals surface area contributed by atoms with E-state index < -0.39 is 18.0 Å². The van der Waals surface area contributed by atoms with Crippen LogP contribution in [-0.2, 0) is 11.3 Å². The van der Waals surface area contributed by atoms with Gasteiger partial charge in [0.15, 0.2) is 0 Å². The summed E-state index contributed by atoms with van der Waals surface area (Å²) in [7, 11) is 1.51. The molecule has 0 fully saturated rings. The van der Waals surface area contributed by atoms with Crippen LogP contribution in [0, 0.1) is 0 Å². The number of ether oxygens (including phenoxy) is 1. The summed E-state index contributed by atoms with van der Waals surface area (Å²) < 4.78 is 4.97. The molecule has 7 heteroatoms. The van der Waals surface area contributed by atoms with E-state index in [0.717, 1.165) is 5.56 Å². The van der Waals surface area contributed by atoms with Gasteiger partial charge in [-0.1, -0.05) is 13.3 Å². The number of rotatable bonds is 7. The maximum Gasteiger partial charge on any atom is 0.326 e. The zero-order chi connectivity index (χ0) is 15.0. The Morgan fingerprint density at radius 3 is 2.85 bits per heavy atom. The summed E-state index contributed by atoms with van der Waals surface area (Å²) in [5, 5.41) is 14.0. The van der Waals surface area contributed by atoms with Crippen molar-refractivity contribution >= 4 is 12.0 Å². The predicted molar refractivity (Wildman–Crippen MR) is 72.5 cm³/mol. The number of nitrogens with one attached hydrogen (secondary N) is 2. The molecule has 1 aromatic rings. The molecule has 0 aliphatic carbocycles. The number of carbonyl (C=O) groups is 2. The third kappa shape index (κ3) is 5.13. The van der Waals surface area contributed by atoms with Gasteiger partial charge in [-0.15, -0.1) is 0 Å². The van der Waals surface area contributed by atoms with Gasteiger partial charge in [0.25, 0.3) is 0 Å². The minimum absolute atomic E-state index is 0.267. The molecule has 1 unspecified atom stereocenters. The van der Waals surface area contributed by atoms with Gasteiger partial charge >= 0.3 is 12.0 Å². The molecule has 20 heavy (non-hydrogen) atoms. The fraction of sp³-hybridized carbons (Fsp3) is 0.462. The van der Waals surface area contributed by atoms with E-state index in [1.165, 1.54) is 7.11 Å². The fourth-order valence-corrected chi connectivity index (χ4v) is 1.61. The Labute approximate surface area is 117 Å². The van der Waals surface area contributed by atoms with Crippen molar-refractivity contribution in [3.63, 3.8) is 0 Å². The first-order chi connectivity index (χ1) is 9.56. The Morgan fingerprint density at radius 2 is 2.25 bits per heavy atom. The third-order valence-electron chi connectivity index (χ3n) is 2.64. The van der Waals surface area contributed by atoms with Gasteiger partial charge in [-0.25, -0.2) is 14.6 Å². The minimum atomic E-state index is -1.03. The van der Waals surface area contributed by atoms with E-state index in [-0.39, 0.29) is 6.54 Å². The monoisotopic (exact) mass is 281 g/mol. The Kier molecular flexibility index (Phi) is 6.28. The van der Waals surface area contributed by atoms with Gasteiger partial charge in [-0.3, -0.25) is 0 Å². The average Bonchev–Trinajstić information content (AvgIpc) is 2.44. The normalized spacial score (nSPS) is 11.5. The van der Waals surface area contributed by atoms with E-state index in [1.807, 2.05) is 6.92 Å². The second kappa shape index (κ2) is 7.98. The Bertz CT molecular complexity index is 465. The molecule has 0 bridgehead atoms. The number of hydrogen-bond donors (Lipinski definition) is 3. The average molecular weight is 281 g/mol. The maximum absolute atomic E-state index is 11.6. The van der Waals surface area contributed by atoms with E-state index in [2.05, 4.69) is 15.6 Å². The van der Waals surface area contributed by atoms with Gasteiger partial charge in [0, 0.05) is 18.8 Å². The molecule has 3 N–H and O–H groups in total. The highest BCUT2D eigenvalue weighted by atomic mass is 16.5. The third-order valence-corrected chi connectivity index (χ3v) is 2.64. The van der Waals surface area contributed by atoms with Gasteiger partial charge in [-0.05, 0) is 18.1 Å². The van der Waals surface area contributed by atoms with Crippen LogP contribution in [0.15, 0.2) is 18.3 Å². The van der Waals surface area contributed by atoms with E-state index in [9.17, 15) is 9.59 Å². The quantitative estimate of drug-likeness (QED) is 0.696. The first kappa shape index (κ1) is 15.7. The van der Waals surface area contributed by atoms with Crippen LogP contribution in [-0.4, -0.2) is 35.2 Å². The smallest absolute Gasteiger partial charge is 0.326 e. The number of aliphatic carboxylic acids is 1. The van der Waals surface area contributed by atoms with Crippen LogP contribution in [0.1, 0.15) is 25.3 Å². The summed E-state index contributed by atoms with van der Waals surface area (Å²) in [5.74, 6) is -0.577. The van der Waals surface area contributed by atoms with Crippen molar-refractivity contribution in [3.05, 3.63) is 23.9 Å². The number of nitrogens with zero attached hydrogens (tertiary/aromatic N) is 1. The van der Waals surface area contributed by atoms with E-state index in [0.29, 0.717) is 18.7 Å². The van der Waals surface area contributed by atoms with Gasteiger partial charge < -0.3 is 20.5 Å². The summed E-state index contributed by atoms with van der Waals surface area (Å²) in [5.41, 5.74) is 0.814. The number of amides is 2. The lowest BCUT2D eigenvalue weighted by Crippen LogP contribution is -2.45. The number of carboxylic acid groups (broad SMARTS) is 1. The number of carbonyl (C=O) groups excluding carboxylic acids is 1. The van der Waals surface area contributed by atoms with Gasteiger partial charge in [0.2, 0.25) is 5.88 Å². The summed E-state index contributed by atoms with van der Waals surface area (Å²) in [6.07, 6.45) is 2.65. The van der Waals surface area contributed by atoms with Crippen LogP contribution in [0.2, 0.25) is 0 Å². The van der Waals surface area contributed by atoms with E-state index in [4.69, 9.17) is 9.84 Å². The second-order valence-corrected chi connectivity index (χ2v) is 4.21. The standard InChI is InChI=1S/C13H19N3O4/c1-3-4-10(12(17)18)16-13(19)15-8-9-5-6-14-11(7-9)20-2/h5-7,10H,3-4,8H2,1-2H3,(H,17,18)(H2,15,16,19). The van der Waals surface area contributed by atoms with Gasteiger partial charge in [0.1, 0.15) is 6.04 Å². The number of aromatic nitrogens is 1. The number of pyridine rings is 1. The number of methoxy groups -OCH3 is 1. The predicted octanol–water partition coefficient (Wildman–Crippen LogP) is 1.14. The molecule has 110 valence electrons. The van der Waals surface area contributed by atoms with Gasteiger partial charge in [0.05, 0.1) is 7.11 Å². The zero-order valence-electron chi connectivity index (χ0n) is 11.5. The topological polar surface area (TPSA) is 101 Å². The first-order valence-electron chi connectivity index (χ1n) is 6.33. The molecule has 1 aromatic heterocycles. The van der Waals surface area contributed by atoms with Crippen molar-refractivity contribution in [1.29, 1.82) is 0 Å². The molecule has 0 radical (unpaired) electrons. The highest BCUT2D eigenvalue weighted by molar-refractivity contribution is 5.82. The lowest BCUT2D eigenvalue weighted by molar-refractivity contribution is -0.139. The largest absolute Gasteiger partial charge is 0.481 e. The molecule has 0 saturated heterocycles. The molecule has 0 saturated carbocycles. The lowest BCUT2D eigenvalue weighted by atomic mass is 10.2. The Hall–Kier alpha value is -2.31. The molecule has 0 aliphatic rings. The van der Waals surface area contributed by atoms with Crippen molar-refractivity contribution in [3.8, 4) is 5.88 Å². The van der Waals surface area contributed by atoms with Gasteiger partial charge in [-0.2, -0.15) is 0 Å². The van der Waals surface area contributed by atoms with Crippen LogP contribution in [0.4, 0.5) is 4.79 Å². The van der Waals surface area contributed by atoms with Crippen LogP contribution in [0.5, 0.6) is 5.88 Å². The maximum atomic E-state index is 11.6. The van der Waals surface area contributed by atoms with Crippen molar-refractivity contribution < 1.29 is 19.4 Å². The molecule has 1 atom stereocenters. The SMILES string of the molecule is CCCC(NC(=O)NCc1ccnc(OC)c1)C(=O)O. The van der Waals surface area contributed by atoms with Crippen molar-refractivity contribution in [2.45, 2.75) is 32.4 Å². The van der Waals surface area contributed by atoms with Crippen LogP contribution >= 0.6 is 0 Å². The highest BCUT2D eigenvalue weighted by Crippen LogP contribution is 2.07. The molecule has 1 heterocycles. The molecule has 0 spiro atoms. The molecular formula is C13H19N3O4. The molecule has 0 aromatic carbocycles. The fourth-order valence-electron chi connectivity index (χ4n) is 1.61. The first-order valence-corrected chi connectivity index (χ1v) is 6.33. The summed E-state index contributed by atoms with van der Waals surface area (Å²) in [6, 6.07) is 2.05. The Balaban J connectivity index is 2.47.